The van der Waals surface area contributed by atoms with Crippen molar-refractivity contribution >= 4 is 23.0 Å². The highest BCUT2D eigenvalue weighted by Gasteiger charge is 2.52. The molecule has 3 heterocycles. The number of aliphatic hydroxyl groups excluding tert-OH is 10. The number of hydrogen-bond donors (Lipinski definition) is 10. The van der Waals surface area contributed by atoms with Crippen LogP contribution in [0.1, 0.15) is 0 Å². The molecule has 0 bridgehead atoms. The lowest BCUT2D eigenvalue weighted by Gasteiger charge is -2.46. The third kappa shape index (κ3) is 6.23. The Kier molecular flexibility index (Phi) is 10.8. The normalized spacial score (nSPS) is 51.3. The van der Waals surface area contributed by atoms with Crippen LogP contribution in [-0.4, -0.2) is 163 Å². The van der Waals surface area contributed by atoms with Crippen LogP contribution in [0.25, 0.3) is 0 Å². The minimum atomic E-state index is -1.81. The van der Waals surface area contributed by atoms with Crippen LogP contribution in [0.3, 0.4) is 0 Å². The van der Waals surface area contributed by atoms with Gasteiger partial charge in [0, 0.05) is 0 Å². The van der Waals surface area contributed by atoms with Gasteiger partial charge in [-0.25, -0.2) is 0 Å². The Bertz CT molecular complexity index is 658. The SMILES string of the molecule is OCC1OC(OCC2OC(OI)C(O)C(OC3OC(CO)C(O)C(O)C3O)C2O)C(O)C(O)C1O. The molecule has 0 spiro atoms. The van der Waals surface area contributed by atoms with E-state index < -0.39 is 112 Å². The smallest absolute Gasteiger partial charge is 0.197 e. The molecule has 3 aliphatic heterocycles. The summed E-state index contributed by atoms with van der Waals surface area (Å²) in [7, 11) is 0. The van der Waals surface area contributed by atoms with Gasteiger partial charge in [0.15, 0.2) is 18.9 Å². The van der Waals surface area contributed by atoms with Crippen molar-refractivity contribution in [3.05, 3.63) is 0 Å². The summed E-state index contributed by atoms with van der Waals surface area (Å²) in [6.45, 7) is -1.93. The zero-order chi connectivity index (χ0) is 26.0. The van der Waals surface area contributed by atoms with Crippen molar-refractivity contribution in [3.8, 4) is 0 Å². The number of halogens is 1. The lowest BCUT2D eigenvalue weighted by atomic mass is 9.97. The molecular weight excluding hydrogens is 599 g/mol. The summed E-state index contributed by atoms with van der Waals surface area (Å²) in [6, 6.07) is 0. The number of ether oxygens (including phenoxy) is 5. The summed E-state index contributed by atoms with van der Waals surface area (Å²) in [6.07, 6.45) is -23.5. The minimum Gasteiger partial charge on any atom is -0.394 e. The maximum absolute atomic E-state index is 10.8. The van der Waals surface area contributed by atoms with E-state index in [2.05, 4.69) is 0 Å². The van der Waals surface area contributed by atoms with E-state index in [1.54, 1.807) is 0 Å². The highest BCUT2D eigenvalue weighted by atomic mass is 127. The van der Waals surface area contributed by atoms with Crippen molar-refractivity contribution in [1.29, 1.82) is 0 Å². The van der Waals surface area contributed by atoms with Crippen molar-refractivity contribution in [2.24, 2.45) is 0 Å². The van der Waals surface area contributed by atoms with Crippen LogP contribution in [-0.2, 0) is 26.8 Å². The molecule has 0 aromatic carbocycles. The van der Waals surface area contributed by atoms with Gasteiger partial charge in [-0.05, 0) is 0 Å². The monoisotopic (exact) mass is 630 g/mol. The maximum Gasteiger partial charge on any atom is 0.197 e. The zero-order valence-electron chi connectivity index (χ0n) is 18.1. The largest absolute Gasteiger partial charge is 0.394 e. The molecule has 0 amide bonds. The summed E-state index contributed by atoms with van der Waals surface area (Å²) in [4.78, 5) is 0. The van der Waals surface area contributed by atoms with Gasteiger partial charge in [0.25, 0.3) is 0 Å². The Balaban J connectivity index is 1.69. The molecule has 0 aromatic rings. The lowest BCUT2D eigenvalue weighted by Crippen LogP contribution is -2.65. The second-order valence-electron chi connectivity index (χ2n) is 8.44. The van der Waals surface area contributed by atoms with Gasteiger partial charge in [0.2, 0.25) is 0 Å². The summed E-state index contributed by atoms with van der Waals surface area (Å²) in [5.41, 5.74) is 0. The zero-order valence-corrected chi connectivity index (χ0v) is 20.2. The Hall–Kier alpha value is 0.0900. The van der Waals surface area contributed by atoms with Crippen LogP contribution in [0.15, 0.2) is 0 Å². The molecule has 206 valence electrons. The number of rotatable bonds is 8. The van der Waals surface area contributed by atoms with Gasteiger partial charge in [-0.1, -0.05) is 0 Å². The van der Waals surface area contributed by atoms with Crippen molar-refractivity contribution in [1.82, 2.24) is 0 Å². The molecular formula is C18H31IO16. The fourth-order valence-electron chi connectivity index (χ4n) is 4.00. The molecule has 3 saturated heterocycles. The van der Waals surface area contributed by atoms with Gasteiger partial charge >= 0.3 is 0 Å². The van der Waals surface area contributed by atoms with E-state index in [0.717, 1.165) is 0 Å². The second-order valence-corrected chi connectivity index (χ2v) is 8.95. The van der Waals surface area contributed by atoms with Crippen molar-refractivity contribution in [2.75, 3.05) is 19.8 Å². The molecule has 0 saturated carbocycles. The van der Waals surface area contributed by atoms with Crippen LogP contribution in [0.4, 0.5) is 0 Å². The van der Waals surface area contributed by atoms with E-state index in [0.29, 0.717) is 0 Å². The standard InChI is InChI=1S/C18H31IO16/c19-35-18-14(29)15(34-17-13(28)11(26)8(23)5(2-21)32-17)9(24)6(33-18)3-30-16-12(27)10(25)7(22)4(1-20)31-16/h4-18,20-29H,1-3H2. The first-order valence-corrected chi connectivity index (χ1v) is 11.6. The second kappa shape index (κ2) is 12.8. The summed E-state index contributed by atoms with van der Waals surface area (Å²) < 4.78 is 31.8. The van der Waals surface area contributed by atoms with Crippen LogP contribution in [0, 0.1) is 0 Å². The van der Waals surface area contributed by atoms with E-state index in [1.807, 2.05) is 0 Å². The molecule has 10 N–H and O–H groups in total. The number of hydrogen-bond acceptors (Lipinski definition) is 16. The molecule has 16 nitrogen and oxygen atoms in total. The Morgan fingerprint density at radius 1 is 0.543 bits per heavy atom. The molecule has 0 aromatic heterocycles. The topological polar surface area (TPSA) is 258 Å². The van der Waals surface area contributed by atoms with E-state index >= 15 is 0 Å². The predicted octanol–water partition coefficient (Wildman–Crippen LogP) is -6.20. The highest BCUT2D eigenvalue weighted by Crippen LogP contribution is 2.31. The third-order valence-electron chi connectivity index (χ3n) is 6.14. The summed E-state index contributed by atoms with van der Waals surface area (Å²) in [5.74, 6) is 0. The van der Waals surface area contributed by atoms with Gasteiger partial charge in [-0.2, -0.15) is 0 Å². The van der Waals surface area contributed by atoms with E-state index in [1.165, 1.54) is 23.0 Å². The summed E-state index contributed by atoms with van der Waals surface area (Å²) >= 11 is 1.42. The van der Waals surface area contributed by atoms with Crippen LogP contribution in [0.2, 0.25) is 0 Å². The first-order chi connectivity index (χ1) is 16.5. The Labute approximate surface area is 212 Å². The average Bonchev–Trinajstić information content (AvgIpc) is 2.85. The van der Waals surface area contributed by atoms with Gasteiger partial charge in [-0.15, -0.1) is 0 Å². The molecule has 15 atom stereocenters. The molecule has 0 radical (unpaired) electrons. The Morgan fingerprint density at radius 3 is 1.54 bits per heavy atom. The first kappa shape index (κ1) is 29.6. The van der Waals surface area contributed by atoms with Crippen LogP contribution in [0.5, 0.6) is 0 Å². The van der Waals surface area contributed by atoms with Crippen molar-refractivity contribution < 1.29 is 77.8 Å². The quantitative estimate of drug-likeness (QED) is 0.112. The summed E-state index contributed by atoms with van der Waals surface area (Å²) in [5, 5.41) is 99.8. The minimum absolute atomic E-state index is 0.526. The highest BCUT2D eigenvalue weighted by molar-refractivity contribution is 14.1. The molecule has 15 unspecified atom stereocenters. The fraction of sp³-hybridized carbons (Fsp3) is 1.00. The van der Waals surface area contributed by atoms with Crippen molar-refractivity contribution in [2.45, 2.75) is 92.1 Å². The van der Waals surface area contributed by atoms with E-state index in [4.69, 9.17) is 26.8 Å². The predicted molar refractivity (Wildman–Crippen MR) is 114 cm³/mol. The average molecular weight is 630 g/mol. The van der Waals surface area contributed by atoms with E-state index in [9.17, 15) is 51.1 Å². The van der Waals surface area contributed by atoms with Crippen LogP contribution < -0.4 is 0 Å². The van der Waals surface area contributed by atoms with Crippen LogP contribution >= 0.6 is 23.0 Å². The van der Waals surface area contributed by atoms with Gasteiger partial charge in [0.05, 0.1) is 19.8 Å². The fourth-order valence-corrected chi connectivity index (χ4v) is 4.42. The lowest BCUT2D eigenvalue weighted by molar-refractivity contribution is -0.356. The molecule has 0 aliphatic carbocycles. The van der Waals surface area contributed by atoms with Gasteiger partial charge < -0.3 is 74.7 Å². The van der Waals surface area contributed by atoms with E-state index in [-0.39, 0.29) is 0 Å². The number of aliphatic hydroxyl groups is 10. The first-order valence-electron chi connectivity index (χ1n) is 10.7. The van der Waals surface area contributed by atoms with Gasteiger partial charge in [-0.3, -0.25) is 3.07 Å². The molecule has 3 aliphatic rings. The third-order valence-corrected chi connectivity index (χ3v) is 6.64. The van der Waals surface area contributed by atoms with Crippen molar-refractivity contribution in [3.63, 3.8) is 0 Å². The molecule has 3 rings (SSSR count). The van der Waals surface area contributed by atoms with Gasteiger partial charge in [0.1, 0.15) is 96.3 Å². The maximum atomic E-state index is 10.8. The molecule has 17 heteroatoms. The Morgan fingerprint density at radius 2 is 1.03 bits per heavy atom. The molecule has 3 fully saturated rings. The molecule has 35 heavy (non-hydrogen) atoms.